The van der Waals surface area contributed by atoms with Gasteiger partial charge in [-0.3, -0.25) is 0 Å². The fourth-order valence-electron chi connectivity index (χ4n) is 2.40. The Bertz CT molecular complexity index is 149. The number of piperidine rings is 1. The van der Waals surface area contributed by atoms with Crippen LogP contribution in [0.1, 0.15) is 33.1 Å². The van der Waals surface area contributed by atoms with Crippen molar-refractivity contribution in [3.8, 4) is 0 Å². The maximum atomic E-state index is 5.18. The van der Waals surface area contributed by atoms with Crippen LogP contribution in [-0.4, -0.2) is 26.8 Å². The largest absolute Gasteiger partial charge is 0.385 e. The van der Waals surface area contributed by atoms with Crippen molar-refractivity contribution < 1.29 is 4.74 Å². The third-order valence-electron chi connectivity index (χ3n) is 3.62. The van der Waals surface area contributed by atoms with E-state index in [0.29, 0.717) is 5.41 Å². The number of ether oxygens (including phenoxy) is 1. The van der Waals surface area contributed by atoms with Crippen LogP contribution in [0.15, 0.2) is 0 Å². The molecule has 0 saturated carbocycles. The van der Waals surface area contributed by atoms with Gasteiger partial charge in [0.2, 0.25) is 0 Å². The van der Waals surface area contributed by atoms with Gasteiger partial charge in [-0.05, 0) is 37.3 Å². The molecule has 13 heavy (non-hydrogen) atoms. The summed E-state index contributed by atoms with van der Waals surface area (Å²) in [6.45, 7) is 7.99. The Morgan fingerprint density at radius 3 is 2.92 bits per heavy atom. The van der Waals surface area contributed by atoms with E-state index >= 15 is 0 Å². The average molecular weight is 185 g/mol. The first kappa shape index (κ1) is 11.0. The first-order valence-electron chi connectivity index (χ1n) is 5.42. The van der Waals surface area contributed by atoms with Gasteiger partial charge in [0.25, 0.3) is 0 Å². The maximum Gasteiger partial charge on any atom is 0.0467 e. The SMILES string of the molecule is CCC1CNCCC1(C)CCOC. The molecule has 0 aliphatic carbocycles. The summed E-state index contributed by atoms with van der Waals surface area (Å²) in [7, 11) is 1.80. The van der Waals surface area contributed by atoms with Crippen molar-refractivity contribution in [3.63, 3.8) is 0 Å². The number of rotatable bonds is 4. The van der Waals surface area contributed by atoms with Crippen LogP contribution >= 0.6 is 0 Å². The van der Waals surface area contributed by atoms with Gasteiger partial charge in [0.05, 0.1) is 0 Å². The van der Waals surface area contributed by atoms with Gasteiger partial charge >= 0.3 is 0 Å². The second-order valence-electron chi connectivity index (χ2n) is 4.46. The minimum absolute atomic E-state index is 0.510. The second kappa shape index (κ2) is 4.97. The molecule has 1 rings (SSSR count). The molecule has 1 aliphatic rings. The lowest BCUT2D eigenvalue weighted by Gasteiger charge is -2.41. The first-order valence-corrected chi connectivity index (χ1v) is 5.42. The fourth-order valence-corrected chi connectivity index (χ4v) is 2.40. The van der Waals surface area contributed by atoms with Gasteiger partial charge in [0.15, 0.2) is 0 Å². The molecule has 1 fully saturated rings. The molecule has 0 spiro atoms. The number of hydrogen-bond donors (Lipinski definition) is 1. The number of methoxy groups -OCH3 is 1. The summed E-state index contributed by atoms with van der Waals surface area (Å²) >= 11 is 0. The topological polar surface area (TPSA) is 21.3 Å². The lowest BCUT2D eigenvalue weighted by Crippen LogP contribution is -2.43. The third kappa shape index (κ3) is 2.68. The zero-order valence-electron chi connectivity index (χ0n) is 9.23. The van der Waals surface area contributed by atoms with Crippen molar-refractivity contribution >= 4 is 0 Å². The zero-order valence-corrected chi connectivity index (χ0v) is 9.23. The van der Waals surface area contributed by atoms with E-state index in [4.69, 9.17) is 4.74 Å². The van der Waals surface area contributed by atoms with Crippen LogP contribution in [0.4, 0.5) is 0 Å². The minimum Gasteiger partial charge on any atom is -0.385 e. The van der Waals surface area contributed by atoms with Crippen LogP contribution in [0.5, 0.6) is 0 Å². The third-order valence-corrected chi connectivity index (χ3v) is 3.62. The molecular formula is C11H23NO. The Morgan fingerprint density at radius 2 is 2.31 bits per heavy atom. The molecule has 2 unspecified atom stereocenters. The second-order valence-corrected chi connectivity index (χ2v) is 4.46. The summed E-state index contributed by atoms with van der Waals surface area (Å²) in [6.07, 6.45) is 3.80. The van der Waals surface area contributed by atoms with Gasteiger partial charge in [0.1, 0.15) is 0 Å². The van der Waals surface area contributed by atoms with Crippen LogP contribution in [0.2, 0.25) is 0 Å². The Balaban J connectivity index is 2.49. The molecule has 0 bridgehead atoms. The van der Waals surface area contributed by atoms with Crippen LogP contribution < -0.4 is 5.32 Å². The highest BCUT2D eigenvalue weighted by atomic mass is 16.5. The molecule has 2 atom stereocenters. The molecule has 1 saturated heterocycles. The van der Waals surface area contributed by atoms with Crippen molar-refractivity contribution in [2.24, 2.45) is 11.3 Å². The van der Waals surface area contributed by atoms with Crippen molar-refractivity contribution in [2.75, 3.05) is 26.8 Å². The summed E-state index contributed by atoms with van der Waals surface area (Å²) in [5.74, 6) is 0.830. The van der Waals surface area contributed by atoms with E-state index in [0.717, 1.165) is 12.5 Å². The van der Waals surface area contributed by atoms with Crippen LogP contribution in [0, 0.1) is 11.3 Å². The van der Waals surface area contributed by atoms with Crippen molar-refractivity contribution in [1.82, 2.24) is 5.32 Å². The predicted octanol–water partition coefficient (Wildman–Crippen LogP) is 2.05. The van der Waals surface area contributed by atoms with E-state index in [2.05, 4.69) is 19.2 Å². The van der Waals surface area contributed by atoms with E-state index in [9.17, 15) is 0 Å². The van der Waals surface area contributed by atoms with E-state index in [1.54, 1.807) is 7.11 Å². The predicted molar refractivity (Wildman–Crippen MR) is 55.9 cm³/mol. The monoisotopic (exact) mass is 185 g/mol. The summed E-state index contributed by atoms with van der Waals surface area (Å²) < 4.78 is 5.18. The highest BCUT2D eigenvalue weighted by Gasteiger charge is 2.34. The van der Waals surface area contributed by atoms with Crippen LogP contribution in [0.3, 0.4) is 0 Å². The number of hydrogen-bond acceptors (Lipinski definition) is 2. The lowest BCUT2D eigenvalue weighted by atomic mass is 9.69. The van der Waals surface area contributed by atoms with Gasteiger partial charge < -0.3 is 10.1 Å². The van der Waals surface area contributed by atoms with Crippen molar-refractivity contribution in [2.45, 2.75) is 33.1 Å². The summed E-state index contributed by atoms with van der Waals surface area (Å²) in [5.41, 5.74) is 0.510. The van der Waals surface area contributed by atoms with Gasteiger partial charge in [-0.15, -0.1) is 0 Å². The molecule has 0 amide bonds. The van der Waals surface area contributed by atoms with E-state index < -0.39 is 0 Å². The molecule has 0 aromatic heterocycles. The first-order chi connectivity index (χ1) is 6.23. The van der Waals surface area contributed by atoms with Crippen LogP contribution in [0.25, 0.3) is 0 Å². The average Bonchev–Trinajstić information content (AvgIpc) is 2.16. The Hall–Kier alpha value is -0.0800. The maximum absolute atomic E-state index is 5.18. The molecule has 1 N–H and O–H groups in total. The van der Waals surface area contributed by atoms with E-state index in [1.807, 2.05) is 0 Å². The van der Waals surface area contributed by atoms with E-state index in [1.165, 1.54) is 32.4 Å². The molecule has 0 aromatic rings. The van der Waals surface area contributed by atoms with Gasteiger partial charge in [-0.1, -0.05) is 20.3 Å². The molecule has 2 heteroatoms. The highest BCUT2D eigenvalue weighted by Crippen LogP contribution is 2.38. The Morgan fingerprint density at radius 1 is 1.54 bits per heavy atom. The molecular weight excluding hydrogens is 162 g/mol. The smallest absolute Gasteiger partial charge is 0.0467 e. The van der Waals surface area contributed by atoms with Gasteiger partial charge in [-0.2, -0.15) is 0 Å². The van der Waals surface area contributed by atoms with Gasteiger partial charge in [0, 0.05) is 13.7 Å². The molecule has 78 valence electrons. The molecule has 0 radical (unpaired) electrons. The van der Waals surface area contributed by atoms with Gasteiger partial charge in [-0.25, -0.2) is 0 Å². The normalized spacial score (nSPS) is 34.8. The van der Waals surface area contributed by atoms with E-state index in [-0.39, 0.29) is 0 Å². The Labute approximate surface area is 82.0 Å². The summed E-state index contributed by atoms with van der Waals surface area (Å²) in [6, 6.07) is 0. The fraction of sp³-hybridized carbons (Fsp3) is 1.00. The number of nitrogens with one attached hydrogen (secondary N) is 1. The molecule has 1 aliphatic heterocycles. The standard InChI is InChI=1S/C11H23NO/c1-4-10-9-12-7-5-11(10,2)6-8-13-3/h10,12H,4-9H2,1-3H3. The molecule has 2 nitrogen and oxygen atoms in total. The van der Waals surface area contributed by atoms with Crippen molar-refractivity contribution in [3.05, 3.63) is 0 Å². The summed E-state index contributed by atoms with van der Waals surface area (Å²) in [5, 5.41) is 3.48. The quantitative estimate of drug-likeness (QED) is 0.724. The zero-order chi connectivity index (χ0) is 9.73. The molecule has 1 heterocycles. The minimum atomic E-state index is 0.510. The highest BCUT2D eigenvalue weighted by molar-refractivity contribution is 4.87. The summed E-state index contributed by atoms with van der Waals surface area (Å²) in [4.78, 5) is 0. The Kier molecular flexibility index (Phi) is 4.20. The van der Waals surface area contributed by atoms with Crippen molar-refractivity contribution in [1.29, 1.82) is 0 Å². The lowest BCUT2D eigenvalue weighted by molar-refractivity contribution is 0.0704. The van der Waals surface area contributed by atoms with Crippen LogP contribution in [-0.2, 0) is 4.74 Å². The molecule has 0 aromatic carbocycles.